The highest BCUT2D eigenvalue weighted by Crippen LogP contribution is 2.27. The number of rotatable bonds is 7. The number of Topliss-reactive ketones (excluding diaryl/α,β-unsaturated/α-hetero) is 1. The molecule has 3 nitrogen and oxygen atoms in total. The molecule has 0 radical (unpaired) electrons. The standard InChI is InChI=1S/C16H22O3/c1-3-11(4-2)15(17)16(18)12-6-5-7-14(10-12)19-13-8-9-13/h5-7,10-11,13,15,17H,3-4,8-9H2,1-2H3. The molecule has 0 amide bonds. The van der Waals surface area contributed by atoms with Crippen LogP contribution in [-0.4, -0.2) is 23.1 Å². The van der Waals surface area contributed by atoms with E-state index in [1.165, 1.54) is 0 Å². The predicted octanol–water partition coefficient (Wildman–Crippen LogP) is 3.21. The molecule has 1 saturated carbocycles. The van der Waals surface area contributed by atoms with Gasteiger partial charge in [-0.05, 0) is 30.9 Å². The Bertz CT molecular complexity index is 433. The Labute approximate surface area is 114 Å². The lowest BCUT2D eigenvalue weighted by atomic mass is 9.91. The van der Waals surface area contributed by atoms with Crippen LogP contribution < -0.4 is 4.74 Å². The van der Waals surface area contributed by atoms with Crippen molar-refractivity contribution in [1.29, 1.82) is 0 Å². The van der Waals surface area contributed by atoms with Gasteiger partial charge in [0.15, 0.2) is 5.78 Å². The van der Waals surface area contributed by atoms with Crippen molar-refractivity contribution < 1.29 is 14.6 Å². The van der Waals surface area contributed by atoms with Crippen LogP contribution in [-0.2, 0) is 0 Å². The van der Waals surface area contributed by atoms with E-state index in [0.29, 0.717) is 11.7 Å². The molecule has 0 bridgehead atoms. The highest BCUT2D eigenvalue weighted by Gasteiger charge is 2.26. The minimum absolute atomic E-state index is 0.0282. The normalized spacial score (nSPS) is 16.4. The smallest absolute Gasteiger partial charge is 0.191 e. The Morgan fingerprint density at radius 3 is 2.63 bits per heavy atom. The summed E-state index contributed by atoms with van der Waals surface area (Å²) in [6.07, 6.45) is 3.20. The average Bonchev–Trinajstić information content (AvgIpc) is 3.23. The second kappa shape index (κ2) is 6.20. The van der Waals surface area contributed by atoms with Gasteiger partial charge in [0.05, 0.1) is 6.10 Å². The van der Waals surface area contributed by atoms with E-state index in [4.69, 9.17) is 4.74 Å². The summed E-state index contributed by atoms with van der Waals surface area (Å²) in [4.78, 5) is 12.3. The molecule has 0 aromatic heterocycles. The molecule has 1 unspecified atom stereocenters. The largest absolute Gasteiger partial charge is 0.490 e. The third-order valence-corrected chi connectivity index (χ3v) is 3.71. The second-order valence-electron chi connectivity index (χ2n) is 5.23. The summed E-state index contributed by atoms with van der Waals surface area (Å²) in [6.45, 7) is 3.99. The third kappa shape index (κ3) is 3.57. The maximum atomic E-state index is 12.3. The summed E-state index contributed by atoms with van der Waals surface area (Å²) in [6, 6.07) is 7.16. The minimum Gasteiger partial charge on any atom is -0.490 e. The highest BCUT2D eigenvalue weighted by atomic mass is 16.5. The van der Waals surface area contributed by atoms with Crippen molar-refractivity contribution in [2.45, 2.75) is 51.7 Å². The number of hydrogen-bond donors (Lipinski definition) is 1. The fourth-order valence-electron chi connectivity index (χ4n) is 2.22. The number of benzene rings is 1. The van der Waals surface area contributed by atoms with Crippen molar-refractivity contribution >= 4 is 5.78 Å². The van der Waals surface area contributed by atoms with Crippen LogP contribution in [0.15, 0.2) is 24.3 Å². The van der Waals surface area contributed by atoms with Gasteiger partial charge in [-0.1, -0.05) is 38.8 Å². The number of aliphatic hydroxyl groups excluding tert-OH is 1. The van der Waals surface area contributed by atoms with E-state index in [0.717, 1.165) is 31.4 Å². The molecule has 1 aromatic carbocycles. The molecule has 0 saturated heterocycles. The van der Waals surface area contributed by atoms with E-state index in [2.05, 4.69) is 0 Å². The first-order valence-corrected chi connectivity index (χ1v) is 7.14. The monoisotopic (exact) mass is 262 g/mol. The van der Waals surface area contributed by atoms with Gasteiger partial charge >= 0.3 is 0 Å². The van der Waals surface area contributed by atoms with E-state index < -0.39 is 6.10 Å². The summed E-state index contributed by atoms with van der Waals surface area (Å²) in [7, 11) is 0. The molecule has 1 fully saturated rings. The summed E-state index contributed by atoms with van der Waals surface area (Å²) in [5.74, 6) is 0.556. The number of hydrogen-bond acceptors (Lipinski definition) is 3. The molecule has 1 atom stereocenters. The lowest BCUT2D eigenvalue weighted by molar-refractivity contribution is 0.0587. The molecule has 2 rings (SSSR count). The molecule has 19 heavy (non-hydrogen) atoms. The van der Waals surface area contributed by atoms with Gasteiger partial charge in [0, 0.05) is 5.56 Å². The van der Waals surface area contributed by atoms with Crippen molar-refractivity contribution in [1.82, 2.24) is 0 Å². The molecule has 1 aliphatic carbocycles. The quantitative estimate of drug-likeness (QED) is 0.767. The van der Waals surface area contributed by atoms with Gasteiger partial charge in [-0.3, -0.25) is 4.79 Å². The van der Waals surface area contributed by atoms with E-state index in [9.17, 15) is 9.90 Å². The lowest BCUT2D eigenvalue weighted by Crippen LogP contribution is -2.29. The summed E-state index contributed by atoms with van der Waals surface area (Å²) < 4.78 is 5.68. The van der Waals surface area contributed by atoms with Crippen LogP contribution in [0.5, 0.6) is 5.75 Å². The summed E-state index contributed by atoms with van der Waals surface area (Å²) >= 11 is 0. The Hall–Kier alpha value is -1.35. The van der Waals surface area contributed by atoms with Crippen LogP contribution in [0.25, 0.3) is 0 Å². The Morgan fingerprint density at radius 1 is 1.37 bits per heavy atom. The number of ketones is 1. The van der Waals surface area contributed by atoms with Crippen LogP contribution in [0.2, 0.25) is 0 Å². The molecule has 0 aliphatic heterocycles. The molecule has 1 N–H and O–H groups in total. The van der Waals surface area contributed by atoms with Gasteiger partial charge in [-0.25, -0.2) is 0 Å². The topological polar surface area (TPSA) is 46.5 Å². The van der Waals surface area contributed by atoms with E-state index in [1.54, 1.807) is 12.1 Å². The molecule has 104 valence electrons. The Balaban J connectivity index is 2.08. The average molecular weight is 262 g/mol. The predicted molar refractivity (Wildman–Crippen MR) is 74.5 cm³/mol. The first kappa shape index (κ1) is 14.1. The maximum absolute atomic E-state index is 12.3. The van der Waals surface area contributed by atoms with E-state index in [1.807, 2.05) is 26.0 Å². The SMILES string of the molecule is CCC(CC)C(O)C(=O)c1cccc(OC2CC2)c1. The molecule has 3 heteroatoms. The zero-order chi connectivity index (χ0) is 13.8. The molecular formula is C16H22O3. The van der Waals surface area contributed by atoms with Crippen molar-refractivity contribution in [3.05, 3.63) is 29.8 Å². The molecule has 0 heterocycles. The summed E-state index contributed by atoms with van der Waals surface area (Å²) in [5.41, 5.74) is 0.539. The van der Waals surface area contributed by atoms with Crippen LogP contribution in [0, 0.1) is 5.92 Å². The zero-order valence-electron chi connectivity index (χ0n) is 11.6. The van der Waals surface area contributed by atoms with Gasteiger partial charge in [-0.2, -0.15) is 0 Å². The van der Waals surface area contributed by atoms with Crippen molar-refractivity contribution in [3.63, 3.8) is 0 Å². The van der Waals surface area contributed by atoms with Gasteiger partial charge in [-0.15, -0.1) is 0 Å². The number of aliphatic hydroxyl groups is 1. The molecule has 1 aliphatic rings. The Kier molecular flexibility index (Phi) is 4.59. The van der Waals surface area contributed by atoms with E-state index in [-0.39, 0.29) is 11.7 Å². The van der Waals surface area contributed by atoms with Crippen LogP contribution in [0.3, 0.4) is 0 Å². The van der Waals surface area contributed by atoms with Crippen LogP contribution >= 0.6 is 0 Å². The Morgan fingerprint density at radius 2 is 2.05 bits per heavy atom. The van der Waals surface area contributed by atoms with Gasteiger partial charge in [0.2, 0.25) is 0 Å². The third-order valence-electron chi connectivity index (χ3n) is 3.71. The minimum atomic E-state index is -0.911. The van der Waals surface area contributed by atoms with Crippen molar-refractivity contribution in [2.75, 3.05) is 0 Å². The van der Waals surface area contributed by atoms with Crippen molar-refractivity contribution in [2.24, 2.45) is 5.92 Å². The van der Waals surface area contributed by atoms with Gasteiger partial charge in [0.25, 0.3) is 0 Å². The summed E-state index contributed by atoms with van der Waals surface area (Å²) in [5, 5.41) is 10.1. The molecular weight excluding hydrogens is 240 g/mol. The molecule has 0 spiro atoms. The van der Waals surface area contributed by atoms with Gasteiger partial charge in [0.1, 0.15) is 11.9 Å². The molecule has 1 aromatic rings. The lowest BCUT2D eigenvalue weighted by Gasteiger charge is -2.19. The van der Waals surface area contributed by atoms with Crippen molar-refractivity contribution in [3.8, 4) is 5.75 Å². The van der Waals surface area contributed by atoms with E-state index >= 15 is 0 Å². The number of carbonyl (C=O) groups excluding carboxylic acids is 1. The number of ether oxygens (including phenoxy) is 1. The van der Waals surface area contributed by atoms with Crippen LogP contribution in [0.4, 0.5) is 0 Å². The fourth-order valence-corrected chi connectivity index (χ4v) is 2.22. The first-order valence-electron chi connectivity index (χ1n) is 7.14. The second-order valence-corrected chi connectivity index (χ2v) is 5.23. The fraction of sp³-hybridized carbons (Fsp3) is 0.562. The highest BCUT2D eigenvalue weighted by molar-refractivity contribution is 5.99. The van der Waals surface area contributed by atoms with Crippen LogP contribution in [0.1, 0.15) is 49.9 Å². The number of carbonyl (C=O) groups is 1. The first-order chi connectivity index (χ1) is 9.15. The maximum Gasteiger partial charge on any atom is 0.191 e. The zero-order valence-corrected chi connectivity index (χ0v) is 11.6. The van der Waals surface area contributed by atoms with Gasteiger partial charge < -0.3 is 9.84 Å².